The lowest BCUT2D eigenvalue weighted by Crippen LogP contribution is -2.42. The van der Waals surface area contributed by atoms with E-state index in [1.54, 1.807) is 43.0 Å². The van der Waals surface area contributed by atoms with Gasteiger partial charge in [0, 0.05) is 18.7 Å². The van der Waals surface area contributed by atoms with E-state index in [0.717, 1.165) is 0 Å². The zero-order chi connectivity index (χ0) is 15.2. The van der Waals surface area contributed by atoms with Crippen molar-refractivity contribution in [1.29, 1.82) is 0 Å². The summed E-state index contributed by atoms with van der Waals surface area (Å²) in [7, 11) is 0. The molecule has 1 aromatic carbocycles. The Morgan fingerprint density at radius 2 is 2.00 bits per heavy atom. The highest BCUT2D eigenvalue weighted by Crippen LogP contribution is 2.13. The van der Waals surface area contributed by atoms with Crippen LogP contribution < -0.4 is 0 Å². The highest BCUT2D eigenvalue weighted by atomic mass is 16.3. The molecule has 0 saturated carbocycles. The largest absolute Gasteiger partial charge is 0.389 e. The fraction of sp³-hybridized carbons (Fsp3) is 0.438. The van der Waals surface area contributed by atoms with Crippen molar-refractivity contribution in [2.24, 2.45) is 0 Å². The maximum Gasteiger partial charge on any atom is 0.255 e. The Morgan fingerprint density at radius 1 is 1.35 bits per heavy atom. The molecule has 108 valence electrons. The van der Waals surface area contributed by atoms with Crippen LogP contribution in [-0.4, -0.2) is 46.3 Å². The van der Waals surface area contributed by atoms with Crippen molar-refractivity contribution in [2.45, 2.75) is 26.4 Å². The fourth-order valence-electron chi connectivity index (χ4n) is 1.88. The maximum atomic E-state index is 12.5. The number of likely N-dealkylation sites (N-methyl/N-ethyl adjacent to an activating group) is 1. The van der Waals surface area contributed by atoms with Gasteiger partial charge in [0.2, 0.25) is 0 Å². The Labute approximate surface area is 120 Å². The molecule has 0 unspecified atom stereocenters. The molecule has 4 nitrogen and oxygen atoms in total. The molecule has 2 N–H and O–H groups in total. The van der Waals surface area contributed by atoms with Crippen molar-refractivity contribution in [3.05, 3.63) is 35.4 Å². The maximum absolute atomic E-state index is 12.5. The molecule has 1 amide bonds. The summed E-state index contributed by atoms with van der Waals surface area (Å²) in [5.41, 5.74) is 0.123. The van der Waals surface area contributed by atoms with E-state index in [2.05, 4.69) is 11.8 Å². The molecule has 0 fully saturated rings. The third-order valence-electron chi connectivity index (χ3n) is 2.71. The topological polar surface area (TPSA) is 60.8 Å². The first-order chi connectivity index (χ1) is 9.39. The number of hydrogen-bond acceptors (Lipinski definition) is 3. The monoisotopic (exact) mass is 275 g/mol. The van der Waals surface area contributed by atoms with Gasteiger partial charge in [-0.05, 0) is 32.9 Å². The third-order valence-corrected chi connectivity index (χ3v) is 2.71. The summed E-state index contributed by atoms with van der Waals surface area (Å²) >= 11 is 0. The SMILES string of the molecule is CCN(CC(C)(C)O)C(=O)c1ccccc1C#CCO. The third kappa shape index (κ3) is 4.69. The Bertz CT molecular complexity index is 521. The lowest BCUT2D eigenvalue weighted by atomic mass is 10.0. The number of carbonyl (C=O) groups is 1. The predicted molar refractivity (Wildman–Crippen MR) is 78.3 cm³/mol. The smallest absolute Gasteiger partial charge is 0.255 e. The van der Waals surface area contributed by atoms with Crippen molar-refractivity contribution in [1.82, 2.24) is 4.90 Å². The van der Waals surface area contributed by atoms with E-state index in [-0.39, 0.29) is 19.1 Å². The number of benzene rings is 1. The van der Waals surface area contributed by atoms with E-state index >= 15 is 0 Å². The van der Waals surface area contributed by atoms with Crippen LogP contribution in [0.4, 0.5) is 0 Å². The molecule has 0 bridgehead atoms. The summed E-state index contributed by atoms with van der Waals surface area (Å²) in [5, 5.41) is 18.6. The van der Waals surface area contributed by atoms with Crippen LogP contribution in [-0.2, 0) is 0 Å². The minimum atomic E-state index is -0.947. The van der Waals surface area contributed by atoms with Crippen LogP contribution in [0.25, 0.3) is 0 Å². The van der Waals surface area contributed by atoms with Crippen LogP contribution >= 0.6 is 0 Å². The second-order valence-corrected chi connectivity index (χ2v) is 5.14. The molecule has 0 aromatic heterocycles. The van der Waals surface area contributed by atoms with Crippen LogP contribution in [0.2, 0.25) is 0 Å². The van der Waals surface area contributed by atoms with Gasteiger partial charge in [-0.1, -0.05) is 24.0 Å². The molecule has 1 aromatic rings. The van der Waals surface area contributed by atoms with Crippen LogP contribution in [0.15, 0.2) is 24.3 Å². The molecule has 0 saturated heterocycles. The number of amides is 1. The average molecular weight is 275 g/mol. The van der Waals surface area contributed by atoms with E-state index in [9.17, 15) is 9.90 Å². The lowest BCUT2D eigenvalue weighted by Gasteiger charge is -2.28. The minimum absolute atomic E-state index is 0.169. The van der Waals surface area contributed by atoms with Gasteiger partial charge < -0.3 is 15.1 Å². The van der Waals surface area contributed by atoms with Crippen molar-refractivity contribution in [2.75, 3.05) is 19.7 Å². The van der Waals surface area contributed by atoms with Gasteiger partial charge in [-0.3, -0.25) is 4.79 Å². The normalized spacial score (nSPS) is 10.7. The Balaban J connectivity index is 3.07. The Kier molecular flexibility index (Phi) is 5.75. The summed E-state index contributed by atoms with van der Waals surface area (Å²) in [6.45, 7) is 5.71. The van der Waals surface area contributed by atoms with Crippen molar-refractivity contribution >= 4 is 5.91 Å². The van der Waals surface area contributed by atoms with Crippen molar-refractivity contribution in [3.8, 4) is 11.8 Å². The Hall–Kier alpha value is -1.83. The molecule has 0 aliphatic heterocycles. The fourth-order valence-corrected chi connectivity index (χ4v) is 1.88. The first kappa shape index (κ1) is 16.2. The number of hydrogen-bond donors (Lipinski definition) is 2. The number of rotatable bonds is 4. The Morgan fingerprint density at radius 3 is 2.55 bits per heavy atom. The molecule has 4 heteroatoms. The van der Waals surface area contributed by atoms with E-state index in [4.69, 9.17) is 5.11 Å². The molecule has 0 aliphatic rings. The van der Waals surface area contributed by atoms with Gasteiger partial charge in [-0.25, -0.2) is 0 Å². The van der Waals surface area contributed by atoms with Gasteiger partial charge in [0.25, 0.3) is 5.91 Å². The average Bonchev–Trinajstić information content (AvgIpc) is 2.41. The van der Waals surface area contributed by atoms with Crippen LogP contribution in [0, 0.1) is 11.8 Å². The standard InChI is InChI=1S/C16H21NO3/c1-4-17(12-16(2,3)20)15(19)14-10-6-5-8-13(14)9-7-11-18/h5-6,8,10,18,20H,4,11-12H2,1-3H3. The van der Waals surface area contributed by atoms with E-state index in [0.29, 0.717) is 17.7 Å². The zero-order valence-electron chi connectivity index (χ0n) is 12.2. The highest BCUT2D eigenvalue weighted by molar-refractivity contribution is 5.96. The first-order valence-corrected chi connectivity index (χ1v) is 6.59. The predicted octanol–water partition coefficient (Wildman–Crippen LogP) is 1.26. The van der Waals surface area contributed by atoms with Crippen LogP contribution in [0.5, 0.6) is 0 Å². The molecule has 1 rings (SSSR count). The van der Waals surface area contributed by atoms with Gasteiger partial charge in [0.15, 0.2) is 0 Å². The minimum Gasteiger partial charge on any atom is -0.389 e. The number of nitrogens with zero attached hydrogens (tertiary/aromatic N) is 1. The molecule has 0 radical (unpaired) electrons. The van der Waals surface area contributed by atoms with Gasteiger partial charge in [-0.2, -0.15) is 0 Å². The van der Waals surface area contributed by atoms with Crippen molar-refractivity contribution in [3.63, 3.8) is 0 Å². The molecular formula is C16H21NO3. The molecule has 0 spiro atoms. The number of aliphatic hydroxyl groups is 2. The lowest BCUT2D eigenvalue weighted by molar-refractivity contribution is 0.0314. The molecule has 0 aliphatic carbocycles. The van der Waals surface area contributed by atoms with Crippen LogP contribution in [0.3, 0.4) is 0 Å². The van der Waals surface area contributed by atoms with Gasteiger partial charge in [-0.15, -0.1) is 0 Å². The highest BCUT2D eigenvalue weighted by Gasteiger charge is 2.23. The van der Waals surface area contributed by atoms with E-state index < -0.39 is 5.60 Å². The molecule has 20 heavy (non-hydrogen) atoms. The summed E-state index contributed by atoms with van der Waals surface area (Å²) < 4.78 is 0. The van der Waals surface area contributed by atoms with Gasteiger partial charge >= 0.3 is 0 Å². The summed E-state index contributed by atoms with van der Waals surface area (Å²) in [5.74, 6) is 5.16. The second-order valence-electron chi connectivity index (χ2n) is 5.14. The molecule has 0 heterocycles. The molecular weight excluding hydrogens is 254 g/mol. The van der Waals surface area contributed by atoms with Crippen LogP contribution in [0.1, 0.15) is 36.7 Å². The van der Waals surface area contributed by atoms with E-state index in [1.165, 1.54) is 0 Å². The summed E-state index contributed by atoms with van der Waals surface area (Å²) in [6, 6.07) is 7.02. The zero-order valence-corrected chi connectivity index (χ0v) is 12.2. The van der Waals surface area contributed by atoms with Crippen molar-refractivity contribution < 1.29 is 15.0 Å². The number of carbonyl (C=O) groups excluding carboxylic acids is 1. The quantitative estimate of drug-likeness (QED) is 0.813. The summed E-state index contributed by atoms with van der Waals surface area (Å²) in [4.78, 5) is 14.1. The number of aliphatic hydroxyl groups excluding tert-OH is 1. The first-order valence-electron chi connectivity index (χ1n) is 6.59. The summed E-state index contributed by atoms with van der Waals surface area (Å²) in [6.07, 6.45) is 0. The molecule has 0 atom stereocenters. The van der Waals surface area contributed by atoms with E-state index in [1.807, 2.05) is 6.92 Å². The van der Waals surface area contributed by atoms with Gasteiger partial charge in [0.05, 0.1) is 11.2 Å². The second kappa shape index (κ2) is 7.09. The van der Waals surface area contributed by atoms with Gasteiger partial charge in [0.1, 0.15) is 6.61 Å².